The lowest BCUT2D eigenvalue weighted by Crippen LogP contribution is -2.26. The van der Waals surface area contributed by atoms with E-state index < -0.39 is 0 Å². The van der Waals surface area contributed by atoms with E-state index in [4.69, 9.17) is 0 Å². The number of likely N-dealkylation sites (tertiary alicyclic amines) is 1. The Labute approximate surface area is 153 Å². The number of carbonyl (C=O) groups is 1. The molecule has 1 aliphatic rings. The Morgan fingerprint density at radius 3 is 2.88 bits per heavy atom. The zero-order valence-corrected chi connectivity index (χ0v) is 15.3. The molecule has 0 bridgehead atoms. The highest BCUT2D eigenvalue weighted by atomic mass is 16.1. The maximum atomic E-state index is 12.7. The Morgan fingerprint density at radius 2 is 2.08 bits per heavy atom. The van der Waals surface area contributed by atoms with Crippen molar-refractivity contribution in [3.63, 3.8) is 0 Å². The number of rotatable bonds is 4. The molecule has 0 saturated carbocycles. The summed E-state index contributed by atoms with van der Waals surface area (Å²) in [5, 5.41) is 8.36. The van der Waals surface area contributed by atoms with Crippen molar-refractivity contribution < 1.29 is 4.79 Å². The maximum Gasteiger partial charge on any atom is 0.256 e. The summed E-state index contributed by atoms with van der Waals surface area (Å²) >= 11 is 0. The van der Waals surface area contributed by atoms with E-state index in [0.717, 1.165) is 24.0 Å². The van der Waals surface area contributed by atoms with Gasteiger partial charge in [0.25, 0.3) is 5.91 Å². The number of para-hydroxylation sites is 1. The van der Waals surface area contributed by atoms with Crippen LogP contribution >= 0.6 is 0 Å². The first-order valence-corrected chi connectivity index (χ1v) is 9.18. The average Bonchev–Trinajstić information content (AvgIpc) is 3.19. The second kappa shape index (κ2) is 6.92. The number of nitrogens with one attached hydrogen (secondary N) is 1. The van der Waals surface area contributed by atoms with Gasteiger partial charge in [-0.2, -0.15) is 5.10 Å². The normalized spacial score (nSPS) is 17.7. The number of anilines is 1. The van der Waals surface area contributed by atoms with E-state index in [0.29, 0.717) is 17.4 Å². The molecule has 1 atom stereocenters. The molecule has 5 nitrogen and oxygen atoms in total. The van der Waals surface area contributed by atoms with Crippen molar-refractivity contribution in [3.8, 4) is 0 Å². The van der Waals surface area contributed by atoms with Gasteiger partial charge in [0.05, 0.1) is 5.52 Å². The Bertz CT molecular complexity index is 946. The Morgan fingerprint density at radius 1 is 1.23 bits per heavy atom. The minimum absolute atomic E-state index is 0.120. The van der Waals surface area contributed by atoms with Crippen LogP contribution in [0.2, 0.25) is 0 Å². The molecule has 0 spiro atoms. The summed E-state index contributed by atoms with van der Waals surface area (Å²) in [7, 11) is 1.88. The Kier molecular flexibility index (Phi) is 4.47. The summed E-state index contributed by atoms with van der Waals surface area (Å²) in [6.45, 7) is 4.31. The van der Waals surface area contributed by atoms with Crippen molar-refractivity contribution in [2.45, 2.75) is 32.4 Å². The zero-order chi connectivity index (χ0) is 18.1. The summed E-state index contributed by atoms with van der Waals surface area (Å²) in [5.41, 5.74) is 2.85. The van der Waals surface area contributed by atoms with Crippen molar-refractivity contribution in [2.24, 2.45) is 7.05 Å². The quantitative estimate of drug-likeness (QED) is 0.780. The van der Waals surface area contributed by atoms with Gasteiger partial charge in [0.15, 0.2) is 5.82 Å². The van der Waals surface area contributed by atoms with E-state index in [2.05, 4.69) is 28.3 Å². The number of aryl methyl sites for hydroxylation is 1. The SMILES string of the molecule is C[C@@H]1CCCN1Cc1cccc(C(=O)Nc2nn(C)c3ccccc23)c1. The number of hydrogen-bond acceptors (Lipinski definition) is 3. The van der Waals surface area contributed by atoms with E-state index >= 15 is 0 Å². The number of aromatic nitrogens is 2. The molecule has 3 aromatic rings. The lowest BCUT2D eigenvalue weighted by molar-refractivity contribution is 0.102. The van der Waals surface area contributed by atoms with Crippen LogP contribution in [-0.2, 0) is 13.6 Å². The summed E-state index contributed by atoms with van der Waals surface area (Å²) < 4.78 is 1.79. The van der Waals surface area contributed by atoms with Gasteiger partial charge in [-0.25, -0.2) is 0 Å². The van der Waals surface area contributed by atoms with Gasteiger partial charge in [-0.05, 0) is 56.1 Å². The fraction of sp³-hybridized carbons (Fsp3) is 0.333. The molecule has 0 radical (unpaired) electrons. The monoisotopic (exact) mass is 348 g/mol. The summed E-state index contributed by atoms with van der Waals surface area (Å²) in [6, 6.07) is 16.4. The van der Waals surface area contributed by atoms with Crippen molar-refractivity contribution in [3.05, 3.63) is 59.7 Å². The molecule has 4 rings (SSSR count). The van der Waals surface area contributed by atoms with Gasteiger partial charge in [0.2, 0.25) is 0 Å². The van der Waals surface area contributed by atoms with E-state index in [9.17, 15) is 4.79 Å². The van der Waals surface area contributed by atoms with Gasteiger partial charge in [0, 0.05) is 30.6 Å². The second-order valence-electron chi connectivity index (χ2n) is 7.11. The Hall–Kier alpha value is -2.66. The van der Waals surface area contributed by atoms with Crippen molar-refractivity contribution >= 4 is 22.6 Å². The highest BCUT2D eigenvalue weighted by Gasteiger charge is 2.20. The van der Waals surface area contributed by atoms with Gasteiger partial charge in [-0.3, -0.25) is 14.4 Å². The highest BCUT2D eigenvalue weighted by Crippen LogP contribution is 2.23. The molecule has 1 fully saturated rings. The molecule has 5 heteroatoms. The molecule has 0 aliphatic carbocycles. The second-order valence-corrected chi connectivity index (χ2v) is 7.11. The molecule has 1 aromatic heterocycles. The van der Waals surface area contributed by atoms with Crippen LogP contribution in [0, 0.1) is 0 Å². The van der Waals surface area contributed by atoms with Gasteiger partial charge < -0.3 is 5.32 Å². The van der Waals surface area contributed by atoms with Crippen LogP contribution in [-0.4, -0.2) is 33.2 Å². The lowest BCUT2D eigenvalue weighted by atomic mass is 10.1. The predicted octanol–water partition coefficient (Wildman–Crippen LogP) is 3.81. The van der Waals surface area contributed by atoms with Crippen LogP contribution in [0.5, 0.6) is 0 Å². The smallest absolute Gasteiger partial charge is 0.256 e. The third-order valence-corrected chi connectivity index (χ3v) is 5.26. The van der Waals surface area contributed by atoms with Gasteiger partial charge in [-0.1, -0.05) is 24.3 Å². The van der Waals surface area contributed by atoms with E-state index in [-0.39, 0.29) is 5.91 Å². The molecule has 1 N–H and O–H groups in total. The van der Waals surface area contributed by atoms with Crippen LogP contribution < -0.4 is 5.32 Å². The minimum atomic E-state index is -0.120. The first kappa shape index (κ1) is 16.8. The third-order valence-electron chi connectivity index (χ3n) is 5.26. The van der Waals surface area contributed by atoms with Gasteiger partial charge in [0.1, 0.15) is 0 Å². The van der Waals surface area contributed by atoms with Crippen molar-refractivity contribution in [1.29, 1.82) is 0 Å². The van der Waals surface area contributed by atoms with Crippen LogP contribution in [0.15, 0.2) is 48.5 Å². The lowest BCUT2D eigenvalue weighted by Gasteiger charge is -2.21. The van der Waals surface area contributed by atoms with E-state index in [1.54, 1.807) is 4.68 Å². The molecule has 1 aliphatic heterocycles. The molecule has 0 unspecified atom stereocenters. The number of hydrogen-bond donors (Lipinski definition) is 1. The fourth-order valence-corrected chi connectivity index (χ4v) is 3.76. The van der Waals surface area contributed by atoms with Crippen molar-refractivity contribution in [1.82, 2.24) is 14.7 Å². The molecule has 26 heavy (non-hydrogen) atoms. The zero-order valence-electron chi connectivity index (χ0n) is 15.3. The molecule has 2 aromatic carbocycles. The molecule has 2 heterocycles. The fourth-order valence-electron chi connectivity index (χ4n) is 3.76. The predicted molar refractivity (Wildman–Crippen MR) is 104 cm³/mol. The topological polar surface area (TPSA) is 50.2 Å². The van der Waals surface area contributed by atoms with Crippen molar-refractivity contribution in [2.75, 3.05) is 11.9 Å². The standard InChI is InChI=1S/C21H24N4O/c1-15-7-6-12-25(15)14-16-8-5-9-17(13-16)21(26)22-20-18-10-3-4-11-19(18)24(2)23-20/h3-5,8-11,13,15H,6-7,12,14H2,1-2H3,(H,22,23,26)/t15-/m1/s1. The minimum Gasteiger partial charge on any atom is -0.305 e. The molecular weight excluding hydrogens is 324 g/mol. The van der Waals surface area contributed by atoms with Gasteiger partial charge in [-0.15, -0.1) is 0 Å². The number of carbonyl (C=O) groups excluding carboxylic acids is 1. The number of amides is 1. The first-order chi connectivity index (χ1) is 12.6. The molecular formula is C21H24N4O. The maximum absolute atomic E-state index is 12.7. The van der Waals surface area contributed by atoms with Crippen LogP contribution in [0.1, 0.15) is 35.7 Å². The number of fused-ring (bicyclic) bond motifs is 1. The third kappa shape index (κ3) is 3.22. The molecule has 1 amide bonds. The molecule has 1 saturated heterocycles. The average molecular weight is 348 g/mol. The van der Waals surface area contributed by atoms with Gasteiger partial charge >= 0.3 is 0 Å². The largest absolute Gasteiger partial charge is 0.305 e. The number of benzene rings is 2. The Balaban J connectivity index is 1.53. The van der Waals surface area contributed by atoms with E-state index in [1.807, 2.05) is 49.5 Å². The highest BCUT2D eigenvalue weighted by molar-refractivity contribution is 6.08. The van der Waals surface area contributed by atoms with Crippen LogP contribution in [0.4, 0.5) is 5.82 Å². The summed E-state index contributed by atoms with van der Waals surface area (Å²) in [5.74, 6) is 0.483. The summed E-state index contributed by atoms with van der Waals surface area (Å²) in [6.07, 6.45) is 2.51. The molecule has 134 valence electrons. The van der Waals surface area contributed by atoms with E-state index in [1.165, 1.54) is 18.4 Å². The number of nitrogens with zero attached hydrogens (tertiary/aromatic N) is 3. The summed E-state index contributed by atoms with van der Waals surface area (Å²) in [4.78, 5) is 15.2. The first-order valence-electron chi connectivity index (χ1n) is 9.18. The van der Waals surface area contributed by atoms with Crippen LogP contribution in [0.3, 0.4) is 0 Å². The van der Waals surface area contributed by atoms with Crippen LogP contribution in [0.25, 0.3) is 10.9 Å².